The van der Waals surface area contributed by atoms with Crippen LogP contribution in [0, 0.1) is 56.2 Å². The van der Waals surface area contributed by atoms with Gasteiger partial charge in [0.05, 0.1) is 12.0 Å². The van der Waals surface area contributed by atoms with Crippen molar-refractivity contribution < 1.29 is 19.1 Å². The SMILES string of the molecule is CC(C)COC(=O)[C@@]1(C)CC[C@]2(C)CC[C@]3(C)C(=CC(=O)[C@@H]4[C@@]5(C)CCC(=O)C(C)(C)[C@@H]5CC[C@]43C)[C@H]2C1. The molecule has 8 atom stereocenters. The summed E-state index contributed by atoms with van der Waals surface area (Å²) in [5.74, 6) is 1.34. The van der Waals surface area contributed by atoms with Crippen molar-refractivity contribution >= 4 is 17.5 Å². The normalized spacial score (nSPS) is 47.8. The Labute approximate surface area is 231 Å². The van der Waals surface area contributed by atoms with Crippen LogP contribution in [0.5, 0.6) is 0 Å². The second kappa shape index (κ2) is 8.53. The highest BCUT2D eigenvalue weighted by molar-refractivity contribution is 5.96. The first-order chi connectivity index (χ1) is 17.4. The Morgan fingerprint density at radius 1 is 0.947 bits per heavy atom. The summed E-state index contributed by atoms with van der Waals surface area (Å²) >= 11 is 0. The van der Waals surface area contributed by atoms with Crippen LogP contribution in [0.1, 0.15) is 120 Å². The zero-order chi connectivity index (χ0) is 28.1. The van der Waals surface area contributed by atoms with E-state index >= 15 is 0 Å². The van der Waals surface area contributed by atoms with Crippen molar-refractivity contribution in [3.63, 3.8) is 0 Å². The standard InChI is InChI=1S/C34H52O4/c1-21(2)20-38-28(37)31(6)15-14-30(5)16-17-33(8)22(23(30)19-31)18-24(35)27-32(7)12-11-26(36)29(3,4)25(32)10-13-34(27,33)9/h18,21,23,25,27H,10-17,19-20H2,1-9H3/t23-,25+,27-,30-,31+,32+,33-,34-/m1/s1. The molecule has 0 radical (unpaired) electrons. The first-order valence-electron chi connectivity index (χ1n) is 15.4. The topological polar surface area (TPSA) is 60.4 Å². The van der Waals surface area contributed by atoms with Gasteiger partial charge in [-0.2, -0.15) is 0 Å². The maximum atomic E-state index is 14.4. The number of Topliss-reactive ketones (excluding diaryl/α,β-unsaturated/α-hetero) is 1. The lowest BCUT2D eigenvalue weighted by Crippen LogP contribution is -2.66. The third kappa shape index (κ3) is 3.63. The van der Waals surface area contributed by atoms with Gasteiger partial charge in [0, 0.05) is 17.8 Å². The second-order valence-corrected chi connectivity index (χ2v) is 16.4. The highest BCUT2D eigenvalue weighted by atomic mass is 16.5. The molecule has 0 N–H and O–H groups in total. The Bertz CT molecular complexity index is 1080. The lowest BCUT2D eigenvalue weighted by molar-refractivity contribution is -0.188. The fourth-order valence-corrected chi connectivity index (χ4v) is 10.6. The van der Waals surface area contributed by atoms with Gasteiger partial charge >= 0.3 is 5.97 Å². The summed E-state index contributed by atoms with van der Waals surface area (Å²) in [4.78, 5) is 40.7. The molecule has 0 aliphatic heterocycles. The van der Waals surface area contributed by atoms with E-state index in [9.17, 15) is 14.4 Å². The third-order valence-corrected chi connectivity index (χ3v) is 13.4. The Morgan fingerprint density at radius 3 is 2.26 bits per heavy atom. The molecule has 5 rings (SSSR count). The summed E-state index contributed by atoms with van der Waals surface area (Å²) in [6.07, 6.45) is 10.4. The molecule has 5 aliphatic rings. The largest absolute Gasteiger partial charge is 0.465 e. The van der Waals surface area contributed by atoms with Gasteiger partial charge in [-0.05, 0) is 104 Å². The van der Waals surface area contributed by atoms with Gasteiger partial charge in [0.25, 0.3) is 0 Å². The van der Waals surface area contributed by atoms with Crippen molar-refractivity contribution in [1.29, 1.82) is 0 Å². The Balaban J connectivity index is 1.55. The zero-order valence-corrected chi connectivity index (χ0v) is 25.6. The van der Waals surface area contributed by atoms with Crippen molar-refractivity contribution in [3.05, 3.63) is 11.6 Å². The summed E-state index contributed by atoms with van der Waals surface area (Å²) in [5.41, 5.74) is 0.203. The maximum absolute atomic E-state index is 14.4. The van der Waals surface area contributed by atoms with E-state index in [0.29, 0.717) is 24.7 Å². The number of ketones is 2. The number of hydrogen-bond donors (Lipinski definition) is 0. The summed E-state index contributed by atoms with van der Waals surface area (Å²) in [5, 5.41) is 0. The molecule has 4 fully saturated rings. The van der Waals surface area contributed by atoms with Crippen LogP contribution >= 0.6 is 0 Å². The van der Waals surface area contributed by atoms with Crippen LogP contribution in [0.2, 0.25) is 0 Å². The monoisotopic (exact) mass is 524 g/mol. The van der Waals surface area contributed by atoms with Crippen LogP contribution in [0.4, 0.5) is 0 Å². The molecule has 0 amide bonds. The quantitative estimate of drug-likeness (QED) is 0.354. The zero-order valence-electron chi connectivity index (χ0n) is 25.6. The fraction of sp³-hybridized carbons (Fsp3) is 0.853. The summed E-state index contributed by atoms with van der Waals surface area (Å²) in [6.45, 7) is 20.6. The molecular weight excluding hydrogens is 472 g/mol. The molecule has 4 heteroatoms. The highest BCUT2D eigenvalue weighted by Gasteiger charge is 2.70. The summed E-state index contributed by atoms with van der Waals surface area (Å²) < 4.78 is 5.79. The Hall–Kier alpha value is -1.45. The molecule has 212 valence electrons. The van der Waals surface area contributed by atoms with Crippen LogP contribution in [-0.4, -0.2) is 24.1 Å². The van der Waals surface area contributed by atoms with Gasteiger partial charge in [-0.25, -0.2) is 0 Å². The van der Waals surface area contributed by atoms with Crippen LogP contribution in [0.25, 0.3) is 0 Å². The van der Waals surface area contributed by atoms with Crippen molar-refractivity contribution in [2.75, 3.05) is 6.61 Å². The number of carbonyl (C=O) groups excluding carboxylic acids is 3. The minimum absolute atomic E-state index is 0.0507. The van der Waals surface area contributed by atoms with Crippen LogP contribution in [-0.2, 0) is 19.1 Å². The molecule has 0 heterocycles. The highest BCUT2D eigenvalue weighted by Crippen LogP contribution is 2.74. The predicted molar refractivity (Wildman–Crippen MR) is 150 cm³/mol. The van der Waals surface area contributed by atoms with Crippen molar-refractivity contribution in [2.24, 2.45) is 56.2 Å². The lowest BCUT2D eigenvalue weighted by atomic mass is 9.33. The number of carbonyl (C=O) groups is 3. The first-order valence-corrected chi connectivity index (χ1v) is 15.4. The van der Waals surface area contributed by atoms with Crippen molar-refractivity contribution in [1.82, 2.24) is 0 Å². The Morgan fingerprint density at radius 2 is 1.61 bits per heavy atom. The minimum Gasteiger partial charge on any atom is -0.465 e. The van der Waals surface area contributed by atoms with E-state index < -0.39 is 5.41 Å². The first kappa shape index (κ1) is 28.1. The average Bonchev–Trinajstić information content (AvgIpc) is 2.82. The van der Waals surface area contributed by atoms with Gasteiger partial charge in [-0.3, -0.25) is 14.4 Å². The molecule has 0 aromatic heterocycles. The molecule has 0 saturated heterocycles. The van der Waals surface area contributed by atoms with Gasteiger partial charge in [0.2, 0.25) is 0 Å². The number of rotatable bonds is 3. The summed E-state index contributed by atoms with van der Waals surface area (Å²) in [7, 11) is 0. The van der Waals surface area contributed by atoms with Gasteiger partial charge in [0.15, 0.2) is 5.78 Å². The summed E-state index contributed by atoms with van der Waals surface area (Å²) in [6, 6.07) is 0. The molecule has 4 saturated carbocycles. The number of ether oxygens (including phenoxy) is 1. The average molecular weight is 525 g/mol. The molecular formula is C34H52O4. The molecule has 0 aromatic carbocycles. The fourth-order valence-electron chi connectivity index (χ4n) is 10.6. The van der Waals surface area contributed by atoms with Crippen LogP contribution < -0.4 is 0 Å². The Kier molecular flexibility index (Phi) is 6.30. The van der Waals surface area contributed by atoms with E-state index in [4.69, 9.17) is 4.74 Å². The third-order valence-electron chi connectivity index (χ3n) is 13.4. The predicted octanol–water partition coefficient (Wildman–Crippen LogP) is 7.74. The van der Waals surface area contributed by atoms with E-state index in [1.54, 1.807) is 0 Å². The van der Waals surface area contributed by atoms with Gasteiger partial charge in [-0.15, -0.1) is 0 Å². The maximum Gasteiger partial charge on any atom is 0.311 e. The van der Waals surface area contributed by atoms with Crippen molar-refractivity contribution in [3.8, 4) is 0 Å². The van der Waals surface area contributed by atoms with Crippen LogP contribution in [0.3, 0.4) is 0 Å². The molecule has 0 unspecified atom stereocenters. The van der Waals surface area contributed by atoms with E-state index in [1.165, 1.54) is 5.57 Å². The van der Waals surface area contributed by atoms with Gasteiger partial charge < -0.3 is 4.74 Å². The molecule has 0 spiro atoms. The van der Waals surface area contributed by atoms with Crippen LogP contribution in [0.15, 0.2) is 11.6 Å². The van der Waals surface area contributed by atoms with Gasteiger partial charge in [0.1, 0.15) is 5.78 Å². The van der Waals surface area contributed by atoms with Crippen molar-refractivity contribution in [2.45, 2.75) is 120 Å². The molecule has 5 aliphatic carbocycles. The molecule has 0 bridgehead atoms. The van der Waals surface area contributed by atoms with Gasteiger partial charge in [-0.1, -0.05) is 61.0 Å². The molecule has 38 heavy (non-hydrogen) atoms. The van der Waals surface area contributed by atoms with E-state index in [2.05, 4.69) is 68.4 Å². The molecule has 0 aromatic rings. The van der Waals surface area contributed by atoms with E-state index in [0.717, 1.165) is 51.4 Å². The lowest BCUT2D eigenvalue weighted by Gasteiger charge is -2.69. The second-order valence-electron chi connectivity index (χ2n) is 16.4. The van der Waals surface area contributed by atoms with E-state index in [1.807, 2.05) is 0 Å². The number of hydrogen-bond acceptors (Lipinski definition) is 4. The number of allylic oxidation sites excluding steroid dienone is 2. The number of fused-ring (bicyclic) bond motifs is 7. The number of esters is 1. The minimum atomic E-state index is -0.504. The smallest absolute Gasteiger partial charge is 0.311 e. The molecule has 4 nitrogen and oxygen atoms in total. The van der Waals surface area contributed by atoms with E-state index in [-0.39, 0.29) is 56.6 Å².